The summed E-state index contributed by atoms with van der Waals surface area (Å²) in [6.45, 7) is -0.0673. The van der Waals surface area contributed by atoms with Crippen LogP contribution in [0.15, 0.2) is 0 Å². The lowest BCUT2D eigenvalue weighted by atomic mass is 9.94. The number of carbonyl (C=O) groups is 3. The average Bonchev–Trinajstić information content (AvgIpc) is 2.63. The Morgan fingerprint density at radius 1 is 1.28 bits per heavy atom. The molecule has 1 saturated carbocycles. The van der Waals surface area contributed by atoms with Crippen LogP contribution < -0.4 is 11.1 Å². The molecule has 2 aliphatic rings. The van der Waals surface area contributed by atoms with Gasteiger partial charge in [-0.2, -0.15) is 0 Å². The molecule has 1 aliphatic heterocycles. The lowest BCUT2D eigenvalue weighted by Crippen LogP contribution is -2.46. The van der Waals surface area contributed by atoms with E-state index in [2.05, 4.69) is 5.32 Å². The molecular formula is C12H19N3O3. The van der Waals surface area contributed by atoms with E-state index in [1.807, 2.05) is 0 Å². The molecule has 1 saturated heterocycles. The van der Waals surface area contributed by atoms with Crippen molar-refractivity contribution in [3.63, 3.8) is 0 Å². The van der Waals surface area contributed by atoms with Gasteiger partial charge in [0.2, 0.25) is 17.7 Å². The lowest BCUT2D eigenvalue weighted by molar-refractivity contribution is -0.142. The van der Waals surface area contributed by atoms with Crippen LogP contribution in [-0.2, 0) is 14.4 Å². The topological polar surface area (TPSA) is 92.5 Å². The van der Waals surface area contributed by atoms with Crippen LogP contribution in [0.2, 0.25) is 0 Å². The zero-order chi connectivity index (χ0) is 13.1. The highest BCUT2D eigenvalue weighted by Crippen LogP contribution is 2.27. The zero-order valence-corrected chi connectivity index (χ0v) is 10.4. The third-order valence-electron chi connectivity index (χ3n) is 3.65. The molecule has 0 bridgehead atoms. The van der Waals surface area contributed by atoms with Crippen molar-refractivity contribution >= 4 is 17.7 Å². The first kappa shape index (κ1) is 13.0. The number of primary amides is 1. The molecular weight excluding hydrogens is 234 g/mol. The highest BCUT2D eigenvalue weighted by atomic mass is 16.2. The summed E-state index contributed by atoms with van der Waals surface area (Å²) in [6.07, 6.45) is 5.26. The van der Waals surface area contributed by atoms with Crippen molar-refractivity contribution in [1.29, 1.82) is 0 Å². The molecule has 6 heteroatoms. The van der Waals surface area contributed by atoms with Gasteiger partial charge in [-0.3, -0.25) is 24.6 Å². The molecule has 1 heterocycles. The third kappa shape index (κ3) is 2.69. The van der Waals surface area contributed by atoms with Gasteiger partial charge < -0.3 is 5.73 Å². The molecule has 1 unspecified atom stereocenters. The van der Waals surface area contributed by atoms with E-state index >= 15 is 0 Å². The second-order valence-corrected chi connectivity index (χ2v) is 5.00. The van der Waals surface area contributed by atoms with Gasteiger partial charge in [0.05, 0.1) is 19.0 Å². The van der Waals surface area contributed by atoms with E-state index in [9.17, 15) is 14.4 Å². The monoisotopic (exact) mass is 253 g/mol. The number of carbonyl (C=O) groups excluding carboxylic acids is 3. The maximum absolute atomic E-state index is 12.1. The van der Waals surface area contributed by atoms with Crippen molar-refractivity contribution in [1.82, 2.24) is 10.2 Å². The summed E-state index contributed by atoms with van der Waals surface area (Å²) in [7, 11) is 0. The molecule has 6 nitrogen and oxygen atoms in total. The molecule has 2 fully saturated rings. The van der Waals surface area contributed by atoms with Crippen LogP contribution in [0.1, 0.15) is 38.5 Å². The number of rotatable bonds is 4. The van der Waals surface area contributed by atoms with Crippen molar-refractivity contribution < 1.29 is 14.4 Å². The predicted molar refractivity (Wildman–Crippen MR) is 64.3 cm³/mol. The zero-order valence-electron chi connectivity index (χ0n) is 10.4. The lowest BCUT2D eigenvalue weighted by Gasteiger charge is -2.29. The summed E-state index contributed by atoms with van der Waals surface area (Å²) < 4.78 is 0. The number of amides is 3. The van der Waals surface area contributed by atoms with Crippen LogP contribution in [0.4, 0.5) is 0 Å². The van der Waals surface area contributed by atoms with Gasteiger partial charge in [0, 0.05) is 6.04 Å². The fraction of sp³-hybridized carbons (Fsp3) is 0.750. The van der Waals surface area contributed by atoms with Crippen LogP contribution >= 0.6 is 0 Å². The first-order valence-electron chi connectivity index (χ1n) is 6.47. The van der Waals surface area contributed by atoms with E-state index in [1.165, 1.54) is 11.3 Å². The summed E-state index contributed by atoms with van der Waals surface area (Å²) in [5.74, 6) is -0.853. The highest BCUT2D eigenvalue weighted by Gasteiger charge is 2.42. The summed E-state index contributed by atoms with van der Waals surface area (Å²) in [4.78, 5) is 36.1. The van der Waals surface area contributed by atoms with Gasteiger partial charge in [0.25, 0.3) is 0 Å². The van der Waals surface area contributed by atoms with Gasteiger partial charge in [0.15, 0.2) is 0 Å². The number of hydrogen-bond acceptors (Lipinski definition) is 4. The smallest absolute Gasteiger partial charge is 0.247 e. The molecule has 0 radical (unpaired) electrons. The minimum atomic E-state index is -0.577. The molecule has 0 aromatic rings. The summed E-state index contributed by atoms with van der Waals surface area (Å²) in [5.41, 5.74) is 5.02. The minimum Gasteiger partial charge on any atom is -0.369 e. The average molecular weight is 253 g/mol. The molecule has 18 heavy (non-hydrogen) atoms. The van der Waals surface area contributed by atoms with Crippen molar-refractivity contribution in [2.75, 3.05) is 6.54 Å². The number of imide groups is 1. The molecule has 100 valence electrons. The maximum Gasteiger partial charge on any atom is 0.247 e. The second-order valence-electron chi connectivity index (χ2n) is 5.00. The summed E-state index contributed by atoms with van der Waals surface area (Å²) in [5, 5.41) is 2.74. The number of nitrogens with one attached hydrogen (secondary N) is 1. The molecule has 2 rings (SSSR count). The van der Waals surface area contributed by atoms with E-state index in [4.69, 9.17) is 5.73 Å². The van der Waals surface area contributed by atoms with E-state index in [0.29, 0.717) is 0 Å². The van der Waals surface area contributed by atoms with Gasteiger partial charge in [-0.1, -0.05) is 19.3 Å². The van der Waals surface area contributed by atoms with Crippen LogP contribution in [0.5, 0.6) is 0 Å². The second kappa shape index (κ2) is 5.48. The Balaban J connectivity index is 1.97. The number of hydrogen-bond donors (Lipinski definition) is 2. The maximum atomic E-state index is 12.1. The Kier molecular flexibility index (Phi) is 3.96. The van der Waals surface area contributed by atoms with Gasteiger partial charge >= 0.3 is 0 Å². The predicted octanol–water partition coefficient (Wildman–Crippen LogP) is -0.479. The van der Waals surface area contributed by atoms with Gasteiger partial charge in [-0.25, -0.2) is 0 Å². The molecule has 0 aromatic carbocycles. The normalized spacial score (nSPS) is 25.8. The fourth-order valence-electron chi connectivity index (χ4n) is 2.76. The molecule has 1 atom stereocenters. The number of nitrogens with zero attached hydrogens (tertiary/aromatic N) is 1. The SMILES string of the molecule is NC(=O)CNC1CC(=O)N(C2CCCCC2)C1=O. The molecule has 0 aromatic heterocycles. The first-order chi connectivity index (χ1) is 8.59. The van der Waals surface area contributed by atoms with Gasteiger partial charge in [-0.05, 0) is 12.8 Å². The van der Waals surface area contributed by atoms with Crippen molar-refractivity contribution in [2.24, 2.45) is 5.73 Å². The van der Waals surface area contributed by atoms with Crippen LogP contribution in [0.25, 0.3) is 0 Å². The Bertz CT molecular complexity index is 364. The number of likely N-dealkylation sites (tertiary alicyclic amines) is 1. The van der Waals surface area contributed by atoms with E-state index in [0.717, 1.165) is 25.7 Å². The highest BCUT2D eigenvalue weighted by molar-refractivity contribution is 6.06. The van der Waals surface area contributed by atoms with Crippen molar-refractivity contribution in [3.8, 4) is 0 Å². The Morgan fingerprint density at radius 2 is 1.94 bits per heavy atom. The third-order valence-corrected chi connectivity index (χ3v) is 3.65. The van der Waals surface area contributed by atoms with Crippen molar-refractivity contribution in [2.45, 2.75) is 50.6 Å². The standard InChI is InChI=1S/C12H19N3O3/c13-10(16)7-14-9-6-11(17)15(12(9)18)8-4-2-1-3-5-8/h8-9,14H,1-7H2,(H2,13,16). The Labute approximate surface area is 106 Å². The van der Waals surface area contributed by atoms with Gasteiger partial charge in [-0.15, -0.1) is 0 Å². The first-order valence-corrected chi connectivity index (χ1v) is 6.47. The van der Waals surface area contributed by atoms with Crippen LogP contribution in [0, 0.1) is 0 Å². The van der Waals surface area contributed by atoms with Crippen LogP contribution in [0.3, 0.4) is 0 Å². The summed E-state index contributed by atoms with van der Waals surface area (Å²) >= 11 is 0. The number of nitrogens with two attached hydrogens (primary N) is 1. The Morgan fingerprint density at radius 3 is 2.56 bits per heavy atom. The Hall–Kier alpha value is -1.43. The largest absolute Gasteiger partial charge is 0.369 e. The molecule has 1 aliphatic carbocycles. The summed E-state index contributed by atoms with van der Waals surface area (Å²) in [6, 6.07) is -0.522. The van der Waals surface area contributed by atoms with Crippen LogP contribution in [-0.4, -0.2) is 41.2 Å². The molecule has 0 spiro atoms. The quantitative estimate of drug-likeness (QED) is 0.662. The van der Waals surface area contributed by atoms with E-state index < -0.39 is 11.9 Å². The van der Waals surface area contributed by atoms with E-state index in [-0.39, 0.29) is 30.8 Å². The minimum absolute atomic E-state index is 0.0547. The molecule has 3 N–H and O–H groups in total. The van der Waals surface area contributed by atoms with Crippen molar-refractivity contribution in [3.05, 3.63) is 0 Å². The van der Waals surface area contributed by atoms with Gasteiger partial charge in [0.1, 0.15) is 0 Å². The fourth-order valence-corrected chi connectivity index (χ4v) is 2.76. The molecule has 3 amide bonds. The van der Waals surface area contributed by atoms with E-state index in [1.54, 1.807) is 0 Å².